The van der Waals surface area contributed by atoms with Gasteiger partial charge in [0.1, 0.15) is 11.6 Å². The Balaban J connectivity index is 1.41. The van der Waals surface area contributed by atoms with Crippen LogP contribution >= 0.6 is 0 Å². The fraction of sp³-hybridized carbons (Fsp3) is 0.208. The van der Waals surface area contributed by atoms with Crippen molar-refractivity contribution in [3.63, 3.8) is 0 Å². The molecule has 2 aromatic heterocycles. The summed E-state index contributed by atoms with van der Waals surface area (Å²) < 4.78 is 50.1. The second-order valence-electron chi connectivity index (χ2n) is 7.89. The summed E-state index contributed by atoms with van der Waals surface area (Å²) >= 11 is 0. The molecule has 1 aliphatic heterocycles. The minimum absolute atomic E-state index is 0.345. The van der Waals surface area contributed by atoms with E-state index < -0.39 is 17.5 Å². The van der Waals surface area contributed by atoms with Gasteiger partial charge in [-0.1, -0.05) is 12.1 Å². The first-order chi connectivity index (χ1) is 15.9. The summed E-state index contributed by atoms with van der Waals surface area (Å²) in [4.78, 5) is 4.25. The fourth-order valence-corrected chi connectivity index (χ4v) is 4.15. The SMILES string of the molecule is COc1cc(/C=C/c2nnc3n2CC[C@@H]3c2cc(F)c(F)c(F)c2)ccc1-n1cnc(C)c1. The molecule has 0 radical (unpaired) electrons. The molecule has 0 unspecified atom stereocenters. The van der Waals surface area contributed by atoms with Crippen LogP contribution in [0.4, 0.5) is 13.2 Å². The lowest BCUT2D eigenvalue weighted by Crippen LogP contribution is -2.02. The average Bonchev–Trinajstić information content (AvgIpc) is 3.52. The molecule has 9 heteroatoms. The van der Waals surface area contributed by atoms with Gasteiger partial charge in [0.25, 0.3) is 0 Å². The topological polar surface area (TPSA) is 57.8 Å². The van der Waals surface area contributed by atoms with Gasteiger partial charge in [-0.2, -0.15) is 0 Å². The highest BCUT2D eigenvalue weighted by Crippen LogP contribution is 2.35. The number of halogens is 3. The molecule has 6 nitrogen and oxygen atoms in total. The number of imidazole rings is 1. The summed E-state index contributed by atoms with van der Waals surface area (Å²) in [6.07, 6.45) is 7.98. The lowest BCUT2D eigenvalue weighted by atomic mass is 9.97. The molecule has 2 aromatic carbocycles. The van der Waals surface area contributed by atoms with Gasteiger partial charge in [0.15, 0.2) is 23.3 Å². The third-order valence-electron chi connectivity index (χ3n) is 5.79. The molecule has 0 N–H and O–H groups in total. The van der Waals surface area contributed by atoms with Crippen molar-refractivity contribution >= 4 is 12.2 Å². The minimum atomic E-state index is -1.47. The highest BCUT2D eigenvalue weighted by molar-refractivity contribution is 5.69. The molecule has 1 aliphatic rings. The summed E-state index contributed by atoms with van der Waals surface area (Å²) in [6, 6.07) is 7.87. The number of hydrogen-bond acceptors (Lipinski definition) is 4. The monoisotopic (exact) mass is 451 g/mol. The molecule has 0 amide bonds. The van der Waals surface area contributed by atoms with E-state index in [1.165, 1.54) is 0 Å². The van der Waals surface area contributed by atoms with Crippen LogP contribution in [0.25, 0.3) is 17.8 Å². The summed E-state index contributed by atoms with van der Waals surface area (Å²) in [5.41, 5.74) is 3.04. The van der Waals surface area contributed by atoms with Crippen molar-refractivity contribution in [1.29, 1.82) is 0 Å². The van der Waals surface area contributed by atoms with Crippen LogP contribution in [0, 0.1) is 24.4 Å². The molecule has 0 saturated carbocycles. The van der Waals surface area contributed by atoms with Crippen LogP contribution < -0.4 is 4.74 Å². The van der Waals surface area contributed by atoms with Gasteiger partial charge >= 0.3 is 0 Å². The molecule has 168 valence electrons. The van der Waals surface area contributed by atoms with E-state index in [0.29, 0.717) is 35.9 Å². The van der Waals surface area contributed by atoms with E-state index in [1.54, 1.807) is 13.4 Å². The second kappa shape index (κ2) is 8.23. The molecular weight excluding hydrogens is 431 g/mol. The van der Waals surface area contributed by atoms with E-state index in [-0.39, 0.29) is 5.92 Å². The molecule has 0 saturated heterocycles. The van der Waals surface area contributed by atoms with Crippen molar-refractivity contribution < 1.29 is 17.9 Å². The Morgan fingerprint density at radius 1 is 1.06 bits per heavy atom. The molecule has 0 spiro atoms. The highest BCUT2D eigenvalue weighted by atomic mass is 19.2. The van der Waals surface area contributed by atoms with Crippen LogP contribution in [-0.4, -0.2) is 31.4 Å². The number of aryl methyl sites for hydroxylation is 1. The first-order valence-electron chi connectivity index (χ1n) is 10.4. The third-order valence-corrected chi connectivity index (χ3v) is 5.79. The first kappa shape index (κ1) is 21.0. The molecule has 0 bridgehead atoms. The Hall–Kier alpha value is -3.88. The Bertz CT molecular complexity index is 1350. The number of hydrogen-bond donors (Lipinski definition) is 0. The van der Waals surface area contributed by atoms with Crippen molar-refractivity contribution in [1.82, 2.24) is 24.3 Å². The Morgan fingerprint density at radius 2 is 1.85 bits per heavy atom. The van der Waals surface area contributed by atoms with Crippen molar-refractivity contribution in [2.24, 2.45) is 0 Å². The number of rotatable bonds is 5. The van der Waals surface area contributed by atoms with Gasteiger partial charge in [-0.25, -0.2) is 18.2 Å². The lowest BCUT2D eigenvalue weighted by molar-refractivity contribution is 0.413. The summed E-state index contributed by atoms with van der Waals surface area (Å²) in [5, 5.41) is 8.45. The molecule has 4 aromatic rings. The number of fused-ring (bicyclic) bond motifs is 1. The van der Waals surface area contributed by atoms with Crippen LogP contribution in [0.1, 0.15) is 40.8 Å². The molecule has 3 heterocycles. The van der Waals surface area contributed by atoms with Crippen molar-refractivity contribution in [3.8, 4) is 11.4 Å². The lowest BCUT2D eigenvalue weighted by Gasteiger charge is -2.10. The van der Waals surface area contributed by atoms with Gasteiger partial charge < -0.3 is 13.9 Å². The Kier molecular flexibility index (Phi) is 5.24. The van der Waals surface area contributed by atoms with Gasteiger partial charge in [-0.15, -0.1) is 10.2 Å². The highest BCUT2D eigenvalue weighted by Gasteiger charge is 2.29. The van der Waals surface area contributed by atoms with E-state index in [2.05, 4.69) is 15.2 Å². The zero-order valence-electron chi connectivity index (χ0n) is 18.0. The largest absolute Gasteiger partial charge is 0.495 e. The zero-order chi connectivity index (χ0) is 23.1. The van der Waals surface area contributed by atoms with Crippen molar-refractivity contribution in [2.75, 3.05) is 7.11 Å². The number of benzene rings is 2. The van der Waals surface area contributed by atoms with E-state index in [4.69, 9.17) is 4.74 Å². The number of methoxy groups -OCH3 is 1. The van der Waals surface area contributed by atoms with Gasteiger partial charge in [-0.3, -0.25) is 0 Å². The van der Waals surface area contributed by atoms with Crippen LogP contribution in [0.15, 0.2) is 42.9 Å². The van der Waals surface area contributed by atoms with E-state index in [9.17, 15) is 13.2 Å². The van der Waals surface area contributed by atoms with Crippen LogP contribution in [0.2, 0.25) is 0 Å². The standard InChI is InChI=1S/C24H20F3N5O/c1-14-12-31(13-28-14)20-5-3-15(9-21(20)33-2)4-6-22-29-30-24-17(7-8-32(22)24)16-10-18(25)23(27)19(26)11-16/h3-6,9-13,17H,7-8H2,1-2H3/b6-4+/t17-/m1/s1. The maximum Gasteiger partial charge on any atom is 0.194 e. The molecule has 33 heavy (non-hydrogen) atoms. The molecule has 5 rings (SSSR count). The van der Waals surface area contributed by atoms with Crippen molar-refractivity contribution in [3.05, 3.63) is 88.8 Å². The average molecular weight is 451 g/mol. The summed E-state index contributed by atoms with van der Waals surface area (Å²) in [7, 11) is 1.61. The van der Waals surface area contributed by atoms with Crippen LogP contribution in [0.5, 0.6) is 5.75 Å². The fourth-order valence-electron chi connectivity index (χ4n) is 4.15. The van der Waals surface area contributed by atoms with Gasteiger partial charge in [0.05, 0.1) is 24.8 Å². The predicted octanol–water partition coefficient (Wildman–Crippen LogP) is 4.90. The smallest absolute Gasteiger partial charge is 0.194 e. The van der Waals surface area contributed by atoms with Crippen molar-refractivity contribution in [2.45, 2.75) is 25.8 Å². The Morgan fingerprint density at radius 3 is 2.55 bits per heavy atom. The van der Waals surface area contributed by atoms with E-state index in [1.807, 2.05) is 52.6 Å². The molecule has 1 atom stereocenters. The summed E-state index contributed by atoms with van der Waals surface area (Å²) in [5.74, 6) is -2.29. The normalized spacial score (nSPS) is 15.4. The zero-order valence-corrected chi connectivity index (χ0v) is 18.0. The van der Waals surface area contributed by atoms with Gasteiger partial charge in [0.2, 0.25) is 0 Å². The molecule has 0 aliphatic carbocycles. The molecule has 0 fully saturated rings. The van der Waals surface area contributed by atoms with Gasteiger partial charge in [-0.05, 0) is 54.8 Å². The first-order valence-corrected chi connectivity index (χ1v) is 10.4. The number of nitrogens with zero attached hydrogens (tertiary/aromatic N) is 5. The molecular formula is C24H20F3N5O. The minimum Gasteiger partial charge on any atom is -0.495 e. The maximum atomic E-state index is 13.7. The van der Waals surface area contributed by atoms with Gasteiger partial charge in [0, 0.05) is 18.7 Å². The third kappa shape index (κ3) is 3.79. The maximum absolute atomic E-state index is 13.7. The van der Waals surface area contributed by atoms with E-state index >= 15 is 0 Å². The number of ether oxygens (including phenoxy) is 1. The Labute approximate surface area is 188 Å². The second-order valence-corrected chi connectivity index (χ2v) is 7.89. The van der Waals surface area contributed by atoms with Crippen LogP contribution in [0.3, 0.4) is 0 Å². The van der Waals surface area contributed by atoms with Crippen LogP contribution in [-0.2, 0) is 6.54 Å². The quantitative estimate of drug-likeness (QED) is 0.405. The van der Waals surface area contributed by atoms with E-state index in [0.717, 1.165) is 29.1 Å². The number of aromatic nitrogens is 5. The summed E-state index contributed by atoms with van der Waals surface area (Å²) in [6.45, 7) is 2.51. The predicted molar refractivity (Wildman–Crippen MR) is 117 cm³/mol.